The normalized spacial score (nSPS) is 18.7. The first-order chi connectivity index (χ1) is 6.18. The molecule has 70 valence electrons. The lowest BCUT2D eigenvalue weighted by atomic mass is 9.95. The van der Waals surface area contributed by atoms with E-state index in [0.29, 0.717) is 5.41 Å². The number of benzene rings is 1. The topological polar surface area (TPSA) is 26.0 Å². The van der Waals surface area contributed by atoms with Crippen molar-refractivity contribution >= 4 is 15.9 Å². The van der Waals surface area contributed by atoms with Crippen LogP contribution in [0.15, 0.2) is 22.7 Å². The molecule has 2 N–H and O–H groups in total. The molecule has 0 heterocycles. The smallest absolute Gasteiger partial charge is 0.0213 e. The van der Waals surface area contributed by atoms with Crippen molar-refractivity contribution in [1.82, 2.24) is 0 Å². The Kier molecular flexibility index (Phi) is 2.20. The van der Waals surface area contributed by atoms with E-state index in [9.17, 15) is 0 Å². The van der Waals surface area contributed by atoms with E-state index < -0.39 is 0 Å². The Labute approximate surface area is 87.5 Å². The van der Waals surface area contributed by atoms with Crippen molar-refractivity contribution < 1.29 is 0 Å². The molecule has 1 aliphatic carbocycles. The molecule has 0 saturated heterocycles. The van der Waals surface area contributed by atoms with Gasteiger partial charge in [0.2, 0.25) is 0 Å². The highest BCUT2D eigenvalue weighted by atomic mass is 79.9. The molecule has 0 unspecified atom stereocenters. The Bertz CT molecular complexity index is 329. The second-order valence-electron chi connectivity index (χ2n) is 3.97. The Morgan fingerprint density at radius 1 is 1.46 bits per heavy atom. The summed E-state index contributed by atoms with van der Waals surface area (Å²) in [5, 5.41) is 0. The van der Waals surface area contributed by atoms with E-state index in [1.165, 1.54) is 28.4 Å². The summed E-state index contributed by atoms with van der Waals surface area (Å²) in [5.74, 6) is 0. The van der Waals surface area contributed by atoms with Gasteiger partial charge in [-0.25, -0.2) is 0 Å². The van der Waals surface area contributed by atoms with Crippen LogP contribution in [0, 0.1) is 6.92 Å². The minimum Gasteiger partial charge on any atom is -0.330 e. The quantitative estimate of drug-likeness (QED) is 0.845. The molecule has 0 amide bonds. The van der Waals surface area contributed by atoms with Crippen LogP contribution in [0.25, 0.3) is 0 Å². The van der Waals surface area contributed by atoms with Crippen molar-refractivity contribution in [2.45, 2.75) is 25.2 Å². The molecule has 0 atom stereocenters. The Balaban J connectivity index is 2.44. The maximum atomic E-state index is 5.80. The lowest BCUT2D eigenvalue weighted by Gasteiger charge is -2.15. The highest BCUT2D eigenvalue weighted by Gasteiger charge is 2.43. The number of aryl methyl sites for hydroxylation is 1. The minimum atomic E-state index is 0.296. The van der Waals surface area contributed by atoms with Gasteiger partial charge in [-0.05, 0) is 31.4 Å². The first-order valence-corrected chi connectivity index (χ1v) is 5.44. The average molecular weight is 240 g/mol. The van der Waals surface area contributed by atoms with E-state index in [2.05, 4.69) is 41.1 Å². The molecule has 0 radical (unpaired) electrons. The van der Waals surface area contributed by atoms with Crippen LogP contribution < -0.4 is 5.73 Å². The molecule has 1 aromatic rings. The van der Waals surface area contributed by atoms with E-state index in [0.717, 1.165) is 6.54 Å². The van der Waals surface area contributed by atoms with Crippen LogP contribution in [0.1, 0.15) is 24.0 Å². The SMILES string of the molecule is Cc1ccc(Br)c(C2(CN)CC2)c1. The first kappa shape index (κ1) is 9.22. The van der Waals surface area contributed by atoms with Crippen molar-refractivity contribution in [2.24, 2.45) is 5.73 Å². The van der Waals surface area contributed by atoms with Gasteiger partial charge in [-0.15, -0.1) is 0 Å². The van der Waals surface area contributed by atoms with Gasteiger partial charge < -0.3 is 5.73 Å². The van der Waals surface area contributed by atoms with Gasteiger partial charge in [0, 0.05) is 16.4 Å². The molecule has 13 heavy (non-hydrogen) atoms. The molecule has 0 spiro atoms. The van der Waals surface area contributed by atoms with Gasteiger partial charge in [-0.1, -0.05) is 33.6 Å². The third-order valence-corrected chi connectivity index (χ3v) is 3.63. The van der Waals surface area contributed by atoms with Crippen LogP contribution in [-0.4, -0.2) is 6.54 Å². The Morgan fingerprint density at radius 2 is 2.15 bits per heavy atom. The second-order valence-corrected chi connectivity index (χ2v) is 4.82. The van der Waals surface area contributed by atoms with Gasteiger partial charge in [-0.2, -0.15) is 0 Å². The fourth-order valence-corrected chi connectivity index (χ4v) is 2.45. The summed E-state index contributed by atoms with van der Waals surface area (Å²) in [5.41, 5.74) is 8.81. The third kappa shape index (κ3) is 1.53. The second kappa shape index (κ2) is 3.10. The van der Waals surface area contributed by atoms with E-state index in [-0.39, 0.29) is 0 Å². The van der Waals surface area contributed by atoms with E-state index in [4.69, 9.17) is 5.73 Å². The van der Waals surface area contributed by atoms with Crippen molar-refractivity contribution in [3.63, 3.8) is 0 Å². The molecule has 0 bridgehead atoms. The molecule has 2 rings (SSSR count). The van der Waals surface area contributed by atoms with E-state index in [1.807, 2.05) is 0 Å². The number of halogens is 1. The summed E-state index contributed by atoms with van der Waals surface area (Å²) < 4.78 is 1.21. The maximum absolute atomic E-state index is 5.80. The first-order valence-electron chi connectivity index (χ1n) is 4.65. The lowest BCUT2D eigenvalue weighted by Crippen LogP contribution is -2.20. The van der Waals surface area contributed by atoms with Crippen molar-refractivity contribution in [3.8, 4) is 0 Å². The fourth-order valence-electron chi connectivity index (χ4n) is 1.78. The third-order valence-electron chi connectivity index (χ3n) is 2.94. The van der Waals surface area contributed by atoms with Gasteiger partial charge in [0.15, 0.2) is 0 Å². The predicted molar refractivity (Wildman–Crippen MR) is 58.8 cm³/mol. The van der Waals surface area contributed by atoms with Crippen molar-refractivity contribution in [1.29, 1.82) is 0 Å². The number of nitrogens with two attached hydrogens (primary N) is 1. The van der Waals surface area contributed by atoms with Crippen LogP contribution in [0.4, 0.5) is 0 Å². The monoisotopic (exact) mass is 239 g/mol. The predicted octanol–water partition coefficient (Wildman–Crippen LogP) is 2.75. The van der Waals surface area contributed by atoms with Gasteiger partial charge in [-0.3, -0.25) is 0 Å². The molecule has 1 aliphatic rings. The molecular formula is C11H14BrN. The van der Waals surface area contributed by atoms with Crippen LogP contribution in [0.3, 0.4) is 0 Å². The van der Waals surface area contributed by atoms with E-state index >= 15 is 0 Å². The number of rotatable bonds is 2. The largest absolute Gasteiger partial charge is 0.330 e. The highest BCUT2D eigenvalue weighted by Crippen LogP contribution is 2.49. The molecule has 0 aromatic heterocycles. The van der Waals surface area contributed by atoms with Crippen LogP contribution in [0.5, 0.6) is 0 Å². The maximum Gasteiger partial charge on any atom is 0.0213 e. The summed E-state index contributed by atoms with van der Waals surface area (Å²) in [7, 11) is 0. The minimum absolute atomic E-state index is 0.296. The number of hydrogen-bond acceptors (Lipinski definition) is 1. The lowest BCUT2D eigenvalue weighted by molar-refractivity contribution is 0.700. The molecule has 2 heteroatoms. The van der Waals surface area contributed by atoms with E-state index in [1.54, 1.807) is 0 Å². The zero-order valence-corrected chi connectivity index (χ0v) is 9.39. The molecule has 1 saturated carbocycles. The van der Waals surface area contributed by atoms with Gasteiger partial charge >= 0.3 is 0 Å². The summed E-state index contributed by atoms with van der Waals surface area (Å²) in [6.07, 6.45) is 2.48. The van der Waals surface area contributed by atoms with Crippen molar-refractivity contribution in [2.75, 3.05) is 6.54 Å². The Hall–Kier alpha value is -0.340. The molecular weight excluding hydrogens is 226 g/mol. The Morgan fingerprint density at radius 3 is 2.69 bits per heavy atom. The summed E-state index contributed by atoms with van der Waals surface area (Å²) in [4.78, 5) is 0. The molecule has 1 aromatic carbocycles. The zero-order chi connectivity index (χ0) is 9.47. The number of hydrogen-bond donors (Lipinski definition) is 1. The van der Waals surface area contributed by atoms with Gasteiger partial charge in [0.25, 0.3) is 0 Å². The van der Waals surface area contributed by atoms with Crippen LogP contribution in [0.2, 0.25) is 0 Å². The zero-order valence-electron chi connectivity index (χ0n) is 7.81. The molecule has 1 fully saturated rings. The van der Waals surface area contributed by atoms with Crippen LogP contribution >= 0.6 is 15.9 Å². The standard InChI is InChI=1S/C11H14BrN/c1-8-2-3-10(12)9(6-8)11(7-13)4-5-11/h2-3,6H,4-5,7,13H2,1H3. The molecule has 1 nitrogen and oxygen atoms in total. The summed E-state index contributed by atoms with van der Waals surface area (Å²) >= 11 is 3.59. The van der Waals surface area contributed by atoms with Gasteiger partial charge in [0.05, 0.1) is 0 Å². The van der Waals surface area contributed by atoms with Gasteiger partial charge in [0.1, 0.15) is 0 Å². The summed E-state index contributed by atoms with van der Waals surface area (Å²) in [6, 6.07) is 6.50. The van der Waals surface area contributed by atoms with Crippen LogP contribution in [-0.2, 0) is 5.41 Å². The molecule has 0 aliphatic heterocycles. The summed E-state index contributed by atoms with van der Waals surface area (Å²) in [6.45, 7) is 2.90. The fraction of sp³-hybridized carbons (Fsp3) is 0.455. The average Bonchev–Trinajstić information content (AvgIpc) is 2.90. The van der Waals surface area contributed by atoms with Crippen molar-refractivity contribution in [3.05, 3.63) is 33.8 Å². The highest BCUT2D eigenvalue weighted by molar-refractivity contribution is 9.10.